The molecule has 0 bridgehead atoms. The lowest BCUT2D eigenvalue weighted by Crippen LogP contribution is -2.11. The van der Waals surface area contributed by atoms with E-state index >= 15 is 0 Å². The van der Waals surface area contributed by atoms with Crippen molar-refractivity contribution in [2.75, 3.05) is 5.32 Å². The molecule has 16 heavy (non-hydrogen) atoms. The number of aromatic nitrogens is 2. The molecule has 0 saturated carbocycles. The molecule has 0 fully saturated rings. The highest BCUT2D eigenvalue weighted by Gasteiger charge is 2.04. The molecule has 0 aliphatic heterocycles. The Hall–Kier alpha value is -1.71. The van der Waals surface area contributed by atoms with Crippen LogP contribution in [-0.2, 0) is 13.1 Å². The van der Waals surface area contributed by atoms with Gasteiger partial charge < -0.3 is 9.73 Å². The average Bonchev–Trinajstić information content (AvgIpc) is 2.84. The summed E-state index contributed by atoms with van der Waals surface area (Å²) in [5.74, 6) is 1.64. The molecular weight excluding hydrogens is 202 g/mol. The Morgan fingerprint density at radius 2 is 2.31 bits per heavy atom. The summed E-state index contributed by atoms with van der Waals surface area (Å²) in [5.41, 5.74) is 1.14. The van der Waals surface area contributed by atoms with Crippen LogP contribution < -0.4 is 5.32 Å². The molecule has 1 N–H and O–H groups in total. The monoisotopic (exact) mass is 219 g/mol. The summed E-state index contributed by atoms with van der Waals surface area (Å²) in [7, 11) is 0. The Kier molecular flexibility index (Phi) is 3.29. The zero-order valence-electron chi connectivity index (χ0n) is 9.68. The third-order valence-corrected chi connectivity index (χ3v) is 2.31. The van der Waals surface area contributed by atoms with E-state index in [1.165, 1.54) is 0 Å². The van der Waals surface area contributed by atoms with E-state index in [0.717, 1.165) is 24.5 Å². The molecule has 4 nitrogen and oxygen atoms in total. The summed E-state index contributed by atoms with van der Waals surface area (Å²) in [5, 5.41) is 7.63. The highest BCUT2D eigenvalue weighted by Crippen LogP contribution is 2.11. The number of rotatable bonds is 5. The average molecular weight is 219 g/mol. The molecule has 0 aliphatic carbocycles. The zero-order valence-corrected chi connectivity index (χ0v) is 9.68. The summed E-state index contributed by atoms with van der Waals surface area (Å²) in [6.45, 7) is 6.06. The lowest BCUT2D eigenvalue weighted by Gasteiger charge is -2.10. The molecule has 0 radical (unpaired) electrons. The molecule has 86 valence electrons. The maximum Gasteiger partial charge on any atom is 0.124 e. The normalized spacial score (nSPS) is 10.9. The van der Waals surface area contributed by atoms with Crippen molar-refractivity contribution in [3.63, 3.8) is 0 Å². The van der Waals surface area contributed by atoms with Gasteiger partial charge in [0, 0.05) is 24.7 Å². The number of furan rings is 1. The number of nitrogens with zero attached hydrogens (tertiary/aromatic N) is 2. The molecule has 2 heterocycles. The number of anilines is 1. The molecule has 2 aromatic rings. The summed E-state index contributed by atoms with van der Waals surface area (Å²) in [6.07, 6.45) is 5.25. The van der Waals surface area contributed by atoms with Crippen molar-refractivity contribution in [3.05, 3.63) is 36.4 Å². The van der Waals surface area contributed by atoms with Gasteiger partial charge >= 0.3 is 0 Å². The first-order valence-corrected chi connectivity index (χ1v) is 5.52. The van der Waals surface area contributed by atoms with Gasteiger partial charge in [-0.15, -0.1) is 0 Å². The molecule has 0 amide bonds. The fourth-order valence-electron chi connectivity index (χ4n) is 1.56. The van der Waals surface area contributed by atoms with E-state index in [0.29, 0.717) is 5.92 Å². The Morgan fingerprint density at radius 3 is 3.00 bits per heavy atom. The second kappa shape index (κ2) is 4.88. The molecular formula is C12H17N3O. The minimum absolute atomic E-state index is 0.592. The summed E-state index contributed by atoms with van der Waals surface area (Å²) >= 11 is 0. The number of nitrogens with one attached hydrogen (secondary N) is 1. The highest BCUT2D eigenvalue weighted by molar-refractivity contribution is 5.34. The van der Waals surface area contributed by atoms with Crippen LogP contribution in [0, 0.1) is 5.92 Å². The van der Waals surface area contributed by atoms with Crippen molar-refractivity contribution in [2.45, 2.75) is 26.9 Å². The van der Waals surface area contributed by atoms with Crippen molar-refractivity contribution in [3.8, 4) is 0 Å². The van der Waals surface area contributed by atoms with E-state index in [-0.39, 0.29) is 0 Å². The van der Waals surface area contributed by atoms with Crippen LogP contribution in [0.15, 0.2) is 35.3 Å². The van der Waals surface area contributed by atoms with Gasteiger partial charge in [-0.05, 0) is 12.0 Å². The fraction of sp³-hybridized carbons (Fsp3) is 0.417. The van der Waals surface area contributed by atoms with Gasteiger partial charge in [0.25, 0.3) is 0 Å². The summed E-state index contributed by atoms with van der Waals surface area (Å²) in [4.78, 5) is 0. The largest absolute Gasteiger partial charge is 0.472 e. The van der Waals surface area contributed by atoms with E-state index in [4.69, 9.17) is 4.42 Å². The van der Waals surface area contributed by atoms with Crippen LogP contribution >= 0.6 is 0 Å². The molecule has 2 aromatic heterocycles. The molecule has 2 rings (SSSR count). The molecule has 0 spiro atoms. The van der Waals surface area contributed by atoms with Crippen molar-refractivity contribution in [2.24, 2.45) is 5.92 Å². The highest BCUT2D eigenvalue weighted by atomic mass is 16.3. The van der Waals surface area contributed by atoms with Gasteiger partial charge in [-0.25, -0.2) is 4.68 Å². The quantitative estimate of drug-likeness (QED) is 0.840. The van der Waals surface area contributed by atoms with Gasteiger partial charge in [0.15, 0.2) is 0 Å². The zero-order chi connectivity index (χ0) is 11.4. The van der Waals surface area contributed by atoms with Crippen LogP contribution in [0.5, 0.6) is 0 Å². The van der Waals surface area contributed by atoms with Gasteiger partial charge in [-0.2, -0.15) is 5.10 Å². The Bertz CT molecular complexity index is 417. The molecule has 0 saturated heterocycles. The maximum atomic E-state index is 5.02. The molecule has 0 unspecified atom stereocenters. The number of hydrogen-bond donors (Lipinski definition) is 1. The van der Waals surface area contributed by atoms with Crippen LogP contribution in [-0.4, -0.2) is 9.78 Å². The van der Waals surface area contributed by atoms with Gasteiger partial charge in [0.2, 0.25) is 0 Å². The summed E-state index contributed by atoms with van der Waals surface area (Å²) < 4.78 is 7.01. The SMILES string of the molecule is CC(C)Cn1nccc1NCc1ccoc1. The molecule has 0 atom stereocenters. The Labute approximate surface area is 95.3 Å². The first-order valence-electron chi connectivity index (χ1n) is 5.52. The molecule has 0 aliphatic rings. The predicted octanol–water partition coefficient (Wildman–Crippen LogP) is 2.74. The minimum atomic E-state index is 0.592. The predicted molar refractivity (Wildman–Crippen MR) is 63.1 cm³/mol. The van der Waals surface area contributed by atoms with Crippen LogP contribution in [0.3, 0.4) is 0 Å². The van der Waals surface area contributed by atoms with Crippen molar-refractivity contribution in [1.29, 1.82) is 0 Å². The first kappa shape index (κ1) is 10.8. The van der Waals surface area contributed by atoms with Gasteiger partial charge in [-0.3, -0.25) is 0 Å². The summed E-state index contributed by atoms with van der Waals surface area (Å²) in [6, 6.07) is 3.94. The van der Waals surface area contributed by atoms with Gasteiger partial charge in [0.05, 0.1) is 18.7 Å². The topological polar surface area (TPSA) is 43.0 Å². The van der Waals surface area contributed by atoms with E-state index < -0.39 is 0 Å². The van der Waals surface area contributed by atoms with Crippen molar-refractivity contribution < 1.29 is 4.42 Å². The van der Waals surface area contributed by atoms with Gasteiger partial charge in [-0.1, -0.05) is 13.8 Å². The fourth-order valence-corrected chi connectivity index (χ4v) is 1.56. The van der Waals surface area contributed by atoms with Crippen molar-refractivity contribution >= 4 is 5.82 Å². The van der Waals surface area contributed by atoms with E-state index in [1.54, 1.807) is 12.5 Å². The maximum absolute atomic E-state index is 5.02. The molecule has 4 heteroatoms. The molecule has 0 aromatic carbocycles. The first-order chi connectivity index (χ1) is 7.75. The van der Waals surface area contributed by atoms with E-state index in [9.17, 15) is 0 Å². The van der Waals surface area contributed by atoms with Gasteiger partial charge in [0.1, 0.15) is 5.82 Å². The number of hydrogen-bond acceptors (Lipinski definition) is 3. The van der Waals surface area contributed by atoms with Crippen LogP contribution in [0.2, 0.25) is 0 Å². The second-order valence-corrected chi connectivity index (χ2v) is 4.28. The van der Waals surface area contributed by atoms with E-state index in [1.807, 2.05) is 23.0 Å². The van der Waals surface area contributed by atoms with Crippen molar-refractivity contribution in [1.82, 2.24) is 9.78 Å². The van der Waals surface area contributed by atoms with E-state index in [2.05, 4.69) is 24.3 Å². The van der Waals surface area contributed by atoms with Crippen LogP contribution in [0.1, 0.15) is 19.4 Å². The standard InChI is InChI=1S/C12H17N3O/c1-10(2)8-15-12(3-5-14-15)13-7-11-4-6-16-9-11/h3-6,9-10,13H,7-8H2,1-2H3. The Balaban J connectivity index is 1.96. The van der Waals surface area contributed by atoms with Crippen LogP contribution in [0.4, 0.5) is 5.82 Å². The van der Waals surface area contributed by atoms with Crippen LogP contribution in [0.25, 0.3) is 0 Å². The third-order valence-electron chi connectivity index (χ3n) is 2.31. The smallest absolute Gasteiger partial charge is 0.124 e. The lowest BCUT2D eigenvalue weighted by molar-refractivity contribution is 0.487. The second-order valence-electron chi connectivity index (χ2n) is 4.28. The Morgan fingerprint density at radius 1 is 1.44 bits per heavy atom. The lowest BCUT2D eigenvalue weighted by atomic mass is 10.2. The third kappa shape index (κ3) is 2.66. The minimum Gasteiger partial charge on any atom is -0.472 e.